The van der Waals surface area contributed by atoms with Crippen LogP contribution in [0.1, 0.15) is 34.2 Å². The van der Waals surface area contributed by atoms with Gasteiger partial charge in [-0.05, 0) is 66.9 Å². The lowest BCUT2D eigenvalue weighted by Crippen LogP contribution is -2.53. The molecular weight excluding hydrogens is 566 g/mol. The van der Waals surface area contributed by atoms with E-state index in [0.29, 0.717) is 12.1 Å². The number of carbonyl (C=O) groups is 2. The summed E-state index contributed by atoms with van der Waals surface area (Å²) in [6.07, 6.45) is -0.0164. The van der Waals surface area contributed by atoms with E-state index in [9.17, 15) is 9.59 Å². The molecule has 1 aliphatic carbocycles. The lowest BCUT2D eigenvalue weighted by Gasteiger charge is -2.44. The maximum Gasteiger partial charge on any atom is 0.328 e. The molecule has 2 heterocycles. The number of hydrogen-bond acceptors (Lipinski definition) is 6. The van der Waals surface area contributed by atoms with Crippen molar-refractivity contribution in [2.24, 2.45) is 0 Å². The molecule has 0 saturated heterocycles. The number of esters is 2. The van der Waals surface area contributed by atoms with Gasteiger partial charge in [-0.3, -0.25) is 9.69 Å². The Labute approximate surface area is 261 Å². The van der Waals surface area contributed by atoms with Gasteiger partial charge in [0.2, 0.25) is 0 Å². The molecule has 0 N–H and O–H groups in total. The van der Waals surface area contributed by atoms with E-state index < -0.39 is 23.5 Å². The number of ether oxygens (including phenoxy) is 2. The van der Waals surface area contributed by atoms with Gasteiger partial charge in [0.15, 0.2) is 0 Å². The first-order valence-electron chi connectivity index (χ1n) is 14.7. The number of methoxy groups -OCH3 is 1. The van der Waals surface area contributed by atoms with E-state index in [-0.39, 0.29) is 13.0 Å². The highest BCUT2D eigenvalue weighted by Crippen LogP contribution is 2.57. The predicted octanol–water partition coefficient (Wildman–Crippen LogP) is 7.46. The first-order valence-corrected chi connectivity index (χ1v) is 15.6. The second-order valence-electron chi connectivity index (χ2n) is 11.1. The van der Waals surface area contributed by atoms with Gasteiger partial charge < -0.3 is 9.47 Å². The Hall–Kier alpha value is -4.78. The predicted molar refractivity (Wildman–Crippen MR) is 173 cm³/mol. The minimum Gasteiger partial charge on any atom is -0.469 e. The zero-order valence-corrected chi connectivity index (χ0v) is 25.1. The smallest absolute Gasteiger partial charge is 0.328 e. The van der Waals surface area contributed by atoms with Gasteiger partial charge in [-0.25, -0.2) is 4.79 Å². The average molecular weight is 598 g/mol. The average Bonchev–Trinajstić information content (AvgIpc) is 3.81. The van der Waals surface area contributed by atoms with E-state index in [4.69, 9.17) is 9.47 Å². The standard InChI is InChI=1S/C38H31NO4S/c1-42-35(40)22-31-32(27-20-21-44-25-27)23-39(36(31)37(41)43-24-26-12-4-2-5-13-26)38(28-14-6-3-7-15-28)33-18-10-8-16-29(33)30-17-9-11-19-34(30)38/h2-21,25,36H,22-24H2,1H3/t36-/m0/s1. The molecule has 0 radical (unpaired) electrons. The van der Waals surface area contributed by atoms with E-state index in [1.54, 1.807) is 11.3 Å². The maximum atomic E-state index is 14.5. The van der Waals surface area contributed by atoms with Crippen LogP contribution in [0.25, 0.3) is 16.7 Å². The molecule has 7 rings (SSSR count). The zero-order chi connectivity index (χ0) is 30.1. The third kappa shape index (κ3) is 4.58. The van der Waals surface area contributed by atoms with Gasteiger partial charge in [-0.15, -0.1) is 0 Å². The summed E-state index contributed by atoms with van der Waals surface area (Å²) >= 11 is 1.59. The summed E-state index contributed by atoms with van der Waals surface area (Å²) in [7, 11) is 1.39. The molecule has 1 atom stereocenters. The summed E-state index contributed by atoms with van der Waals surface area (Å²) in [4.78, 5) is 29.8. The summed E-state index contributed by atoms with van der Waals surface area (Å²) in [6.45, 7) is 0.570. The molecule has 2 aliphatic rings. The summed E-state index contributed by atoms with van der Waals surface area (Å²) in [6, 6.07) is 38.1. The summed E-state index contributed by atoms with van der Waals surface area (Å²) in [5.41, 5.74) is 8.22. The third-order valence-corrected chi connectivity index (χ3v) is 9.47. The van der Waals surface area contributed by atoms with Crippen LogP contribution in [0, 0.1) is 0 Å². The van der Waals surface area contributed by atoms with Crippen LogP contribution in [0.2, 0.25) is 0 Å². The molecule has 5 aromatic rings. The fourth-order valence-electron chi connectivity index (χ4n) is 6.93. The largest absolute Gasteiger partial charge is 0.469 e. The van der Waals surface area contributed by atoms with Crippen LogP contribution in [0.15, 0.2) is 132 Å². The van der Waals surface area contributed by atoms with Crippen molar-refractivity contribution in [1.29, 1.82) is 0 Å². The number of benzene rings is 4. The van der Waals surface area contributed by atoms with Gasteiger partial charge in [-0.1, -0.05) is 109 Å². The van der Waals surface area contributed by atoms with Crippen molar-refractivity contribution in [2.75, 3.05) is 13.7 Å². The van der Waals surface area contributed by atoms with Gasteiger partial charge in [0, 0.05) is 6.54 Å². The van der Waals surface area contributed by atoms with Crippen LogP contribution < -0.4 is 0 Å². The van der Waals surface area contributed by atoms with Gasteiger partial charge in [-0.2, -0.15) is 11.3 Å². The van der Waals surface area contributed by atoms with Gasteiger partial charge in [0.1, 0.15) is 12.6 Å². The van der Waals surface area contributed by atoms with Gasteiger partial charge in [0.25, 0.3) is 0 Å². The summed E-state index contributed by atoms with van der Waals surface area (Å²) in [5, 5.41) is 4.10. The molecule has 0 unspecified atom stereocenters. The van der Waals surface area contributed by atoms with Crippen molar-refractivity contribution in [2.45, 2.75) is 24.6 Å². The molecule has 0 saturated carbocycles. The van der Waals surface area contributed by atoms with Gasteiger partial charge >= 0.3 is 11.9 Å². The Morgan fingerprint density at radius 2 is 1.43 bits per heavy atom. The Bertz CT molecular complexity index is 1800. The van der Waals surface area contributed by atoms with E-state index in [1.807, 2.05) is 53.9 Å². The third-order valence-electron chi connectivity index (χ3n) is 8.78. The van der Waals surface area contributed by atoms with Crippen molar-refractivity contribution in [3.05, 3.63) is 159 Å². The monoisotopic (exact) mass is 597 g/mol. The Morgan fingerprint density at radius 3 is 2.05 bits per heavy atom. The summed E-state index contributed by atoms with van der Waals surface area (Å²) < 4.78 is 11.3. The normalized spacial score (nSPS) is 16.8. The Morgan fingerprint density at radius 1 is 0.818 bits per heavy atom. The summed E-state index contributed by atoms with van der Waals surface area (Å²) in [5.74, 6) is -0.786. The van der Waals surface area contributed by atoms with E-state index in [1.165, 1.54) is 7.11 Å². The van der Waals surface area contributed by atoms with Crippen molar-refractivity contribution in [3.8, 4) is 11.1 Å². The van der Waals surface area contributed by atoms with Crippen molar-refractivity contribution in [3.63, 3.8) is 0 Å². The van der Waals surface area contributed by atoms with E-state index in [2.05, 4.69) is 77.0 Å². The van der Waals surface area contributed by atoms with Crippen LogP contribution in [0.5, 0.6) is 0 Å². The van der Waals surface area contributed by atoms with Crippen LogP contribution in [0.3, 0.4) is 0 Å². The number of thiophene rings is 1. The van der Waals surface area contributed by atoms with Crippen LogP contribution in [-0.4, -0.2) is 36.5 Å². The van der Waals surface area contributed by atoms with E-state index in [0.717, 1.165) is 44.5 Å². The molecule has 218 valence electrons. The molecule has 0 bridgehead atoms. The number of nitrogens with zero attached hydrogens (tertiary/aromatic N) is 1. The molecule has 0 spiro atoms. The Kier molecular flexibility index (Phi) is 7.46. The minimum atomic E-state index is -0.841. The van der Waals surface area contributed by atoms with Gasteiger partial charge in [0.05, 0.1) is 19.1 Å². The molecule has 1 aromatic heterocycles. The topological polar surface area (TPSA) is 55.8 Å². The van der Waals surface area contributed by atoms with Crippen LogP contribution in [-0.2, 0) is 31.2 Å². The number of rotatable bonds is 8. The molecule has 0 fully saturated rings. The molecule has 4 aromatic carbocycles. The number of carbonyl (C=O) groups excluding carboxylic acids is 2. The second-order valence-corrected chi connectivity index (χ2v) is 11.8. The fourth-order valence-corrected chi connectivity index (χ4v) is 7.60. The SMILES string of the molecule is COC(=O)CC1=C(c2ccsc2)CN(C2(c3ccccc3)c3ccccc3-c3ccccc32)[C@@H]1C(=O)OCc1ccccc1. The molecule has 1 aliphatic heterocycles. The molecule has 5 nitrogen and oxygen atoms in total. The molecule has 44 heavy (non-hydrogen) atoms. The molecular formula is C38H31NO4S. The first-order chi connectivity index (χ1) is 21.6. The van der Waals surface area contributed by atoms with Crippen molar-refractivity contribution >= 4 is 28.8 Å². The number of hydrogen-bond donors (Lipinski definition) is 0. The van der Waals surface area contributed by atoms with Crippen LogP contribution in [0.4, 0.5) is 0 Å². The highest BCUT2D eigenvalue weighted by Gasteiger charge is 2.56. The highest BCUT2D eigenvalue weighted by atomic mass is 32.1. The second kappa shape index (κ2) is 11.7. The lowest BCUT2D eigenvalue weighted by molar-refractivity contribution is -0.151. The highest BCUT2D eigenvalue weighted by molar-refractivity contribution is 7.08. The molecule has 0 amide bonds. The number of fused-ring (bicyclic) bond motifs is 3. The minimum absolute atomic E-state index is 0.0164. The van der Waals surface area contributed by atoms with Crippen molar-refractivity contribution in [1.82, 2.24) is 4.90 Å². The lowest BCUT2D eigenvalue weighted by atomic mass is 9.78. The zero-order valence-electron chi connectivity index (χ0n) is 24.3. The maximum absolute atomic E-state index is 14.5. The fraction of sp³-hybridized carbons (Fsp3) is 0.158. The van der Waals surface area contributed by atoms with E-state index >= 15 is 0 Å². The first kappa shape index (κ1) is 28.0. The Balaban J connectivity index is 1.47. The van der Waals surface area contributed by atoms with Crippen molar-refractivity contribution < 1.29 is 19.1 Å². The van der Waals surface area contributed by atoms with Crippen LogP contribution >= 0.6 is 11.3 Å². The quantitative estimate of drug-likeness (QED) is 0.174. The molecule has 6 heteroatoms.